The van der Waals surface area contributed by atoms with E-state index >= 15 is 0 Å². The van der Waals surface area contributed by atoms with Gasteiger partial charge in [-0.2, -0.15) is 0 Å². The van der Waals surface area contributed by atoms with E-state index in [9.17, 15) is 0 Å². The quantitative estimate of drug-likeness (QED) is 0.374. The van der Waals surface area contributed by atoms with E-state index in [1.54, 1.807) is 0 Å². The van der Waals surface area contributed by atoms with Gasteiger partial charge >= 0.3 is 0 Å². The minimum absolute atomic E-state index is 0.145. The number of fused-ring (bicyclic) bond motifs is 4. The van der Waals surface area contributed by atoms with Crippen LogP contribution in [0.5, 0.6) is 23.0 Å². The molecular formula is C25H14BNO2. The fourth-order valence-corrected chi connectivity index (χ4v) is 5.60. The number of aryl methyl sites for hydroxylation is 1. The summed E-state index contributed by atoms with van der Waals surface area (Å²) in [7, 11) is 0. The summed E-state index contributed by atoms with van der Waals surface area (Å²) in [6.45, 7) is 2.30. The van der Waals surface area contributed by atoms with E-state index in [-0.39, 0.29) is 6.71 Å². The Morgan fingerprint density at radius 1 is 0.690 bits per heavy atom. The van der Waals surface area contributed by atoms with Crippen LogP contribution in [0.3, 0.4) is 0 Å². The van der Waals surface area contributed by atoms with Gasteiger partial charge in [0, 0.05) is 21.9 Å². The van der Waals surface area contributed by atoms with E-state index in [2.05, 4.69) is 72.2 Å². The van der Waals surface area contributed by atoms with Crippen LogP contribution in [0.25, 0.3) is 27.5 Å². The summed E-state index contributed by atoms with van der Waals surface area (Å²) in [5, 5.41) is 2.57. The lowest BCUT2D eigenvalue weighted by molar-refractivity contribution is 0.464. The largest absolute Gasteiger partial charge is 0.458 e. The summed E-state index contributed by atoms with van der Waals surface area (Å²) < 4.78 is 15.2. The molecule has 0 fully saturated rings. The van der Waals surface area contributed by atoms with Gasteiger partial charge in [-0.25, -0.2) is 0 Å². The van der Waals surface area contributed by atoms with Crippen molar-refractivity contribution in [3.8, 4) is 28.7 Å². The lowest BCUT2D eigenvalue weighted by atomic mass is 9.33. The molecule has 0 saturated heterocycles. The van der Waals surface area contributed by atoms with Gasteiger partial charge in [-0.3, -0.25) is 0 Å². The minimum atomic E-state index is 0.145. The molecule has 0 atom stereocenters. The predicted octanol–water partition coefficient (Wildman–Crippen LogP) is 4.13. The summed E-state index contributed by atoms with van der Waals surface area (Å²) in [5.41, 5.74) is 8.64. The zero-order chi connectivity index (χ0) is 18.9. The van der Waals surface area contributed by atoms with Crippen molar-refractivity contribution in [2.24, 2.45) is 0 Å². The maximum Gasteiger partial charge on any atom is 0.266 e. The molecule has 5 aromatic rings. The van der Waals surface area contributed by atoms with Crippen LogP contribution < -0.4 is 25.9 Å². The smallest absolute Gasteiger partial charge is 0.266 e. The van der Waals surface area contributed by atoms with Crippen molar-refractivity contribution in [2.75, 3.05) is 0 Å². The van der Waals surface area contributed by atoms with Gasteiger partial charge in [0.05, 0.1) is 11.0 Å². The van der Waals surface area contributed by atoms with Gasteiger partial charge in [-0.05, 0) is 65.9 Å². The fourth-order valence-electron chi connectivity index (χ4n) is 5.60. The molecule has 0 radical (unpaired) electrons. The Bertz CT molecular complexity index is 1570. The molecule has 4 heterocycles. The molecule has 0 amide bonds. The Balaban J connectivity index is 1.69. The molecule has 0 saturated carbocycles. The van der Waals surface area contributed by atoms with Gasteiger partial charge in [0.25, 0.3) is 6.71 Å². The number of hydrogen-bond acceptors (Lipinski definition) is 2. The molecule has 0 spiro atoms. The molecule has 3 nitrogen and oxygen atoms in total. The van der Waals surface area contributed by atoms with Crippen molar-refractivity contribution < 1.29 is 9.47 Å². The van der Waals surface area contributed by atoms with Gasteiger partial charge < -0.3 is 14.0 Å². The first-order valence-electron chi connectivity index (χ1n) is 9.99. The zero-order valence-electron chi connectivity index (χ0n) is 15.7. The minimum Gasteiger partial charge on any atom is -0.458 e. The number of rotatable bonds is 0. The van der Waals surface area contributed by atoms with E-state index in [1.807, 2.05) is 6.07 Å². The summed E-state index contributed by atoms with van der Waals surface area (Å²) in [5.74, 6) is 3.71. The second-order valence-electron chi connectivity index (χ2n) is 8.22. The molecule has 134 valence electrons. The first kappa shape index (κ1) is 14.4. The standard InChI is InChI=1S/C25H14BNO2/c1-13-8-9-14-15-10-11-21-24-25(15)27(17(14)12-13)16-4-2-5-18-22(16)26(24)23-19(28-18)6-3-7-20(23)29-21/h2-12H,1H3. The summed E-state index contributed by atoms with van der Waals surface area (Å²) in [6, 6.07) is 23.6. The van der Waals surface area contributed by atoms with E-state index in [1.165, 1.54) is 44.0 Å². The van der Waals surface area contributed by atoms with Gasteiger partial charge in [0.2, 0.25) is 0 Å². The highest BCUT2D eigenvalue weighted by Gasteiger charge is 2.45. The second kappa shape index (κ2) is 4.49. The van der Waals surface area contributed by atoms with Gasteiger partial charge in [-0.15, -0.1) is 0 Å². The fraction of sp³-hybridized carbons (Fsp3) is 0.0400. The normalized spacial score (nSPS) is 14.2. The third-order valence-electron chi connectivity index (χ3n) is 6.70. The number of benzene rings is 4. The highest BCUT2D eigenvalue weighted by molar-refractivity contribution is 7.00. The number of ether oxygens (including phenoxy) is 2. The van der Waals surface area contributed by atoms with Crippen LogP contribution in [0.4, 0.5) is 0 Å². The van der Waals surface area contributed by atoms with E-state index in [0.717, 1.165) is 28.5 Å². The van der Waals surface area contributed by atoms with E-state index < -0.39 is 0 Å². The van der Waals surface area contributed by atoms with Crippen LogP contribution in [-0.2, 0) is 0 Å². The molecule has 0 bridgehead atoms. The van der Waals surface area contributed by atoms with Crippen LogP contribution >= 0.6 is 0 Å². The van der Waals surface area contributed by atoms with E-state index in [0.29, 0.717) is 0 Å². The van der Waals surface area contributed by atoms with Crippen molar-refractivity contribution >= 4 is 44.9 Å². The molecule has 4 aromatic carbocycles. The van der Waals surface area contributed by atoms with Crippen LogP contribution in [0.2, 0.25) is 0 Å². The first-order valence-corrected chi connectivity index (χ1v) is 9.99. The summed E-state index contributed by atoms with van der Waals surface area (Å²) in [6.07, 6.45) is 0. The molecule has 1 aromatic heterocycles. The Morgan fingerprint density at radius 2 is 1.38 bits per heavy atom. The number of hydrogen-bond donors (Lipinski definition) is 0. The van der Waals surface area contributed by atoms with Crippen molar-refractivity contribution in [1.82, 2.24) is 4.57 Å². The molecule has 4 heteroatoms. The Hall–Kier alpha value is -3.66. The van der Waals surface area contributed by atoms with Crippen LogP contribution in [0.15, 0.2) is 66.7 Å². The molecule has 0 aliphatic carbocycles. The molecule has 0 N–H and O–H groups in total. The third-order valence-corrected chi connectivity index (χ3v) is 6.70. The second-order valence-corrected chi connectivity index (χ2v) is 8.22. The predicted molar refractivity (Wildman–Crippen MR) is 117 cm³/mol. The zero-order valence-corrected chi connectivity index (χ0v) is 15.7. The van der Waals surface area contributed by atoms with Gasteiger partial charge in [0.15, 0.2) is 0 Å². The molecular weight excluding hydrogens is 357 g/mol. The number of aromatic nitrogens is 1. The molecule has 29 heavy (non-hydrogen) atoms. The maximum atomic E-state index is 6.40. The Morgan fingerprint density at radius 3 is 2.21 bits per heavy atom. The lowest BCUT2D eigenvalue weighted by Crippen LogP contribution is -2.60. The Labute approximate surface area is 167 Å². The Kier molecular flexibility index (Phi) is 2.22. The van der Waals surface area contributed by atoms with Crippen molar-refractivity contribution in [1.29, 1.82) is 0 Å². The number of nitrogens with zero attached hydrogens (tertiary/aromatic N) is 1. The monoisotopic (exact) mass is 371 g/mol. The topological polar surface area (TPSA) is 23.4 Å². The van der Waals surface area contributed by atoms with Crippen molar-refractivity contribution in [3.63, 3.8) is 0 Å². The molecule has 3 aliphatic rings. The van der Waals surface area contributed by atoms with Crippen LogP contribution in [-0.4, -0.2) is 11.3 Å². The van der Waals surface area contributed by atoms with Crippen molar-refractivity contribution in [3.05, 3.63) is 72.3 Å². The summed E-state index contributed by atoms with van der Waals surface area (Å²) >= 11 is 0. The average molecular weight is 371 g/mol. The average Bonchev–Trinajstić information content (AvgIpc) is 3.07. The van der Waals surface area contributed by atoms with Gasteiger partial charge in [-0.1, -0.05) is 24.3 Å². The van der Waals surface area contributed by atoms with Crippen molar-refractivity contribution in [2.45, 2.75) is 6.92 Å². The summed E-state index contributed by atoms with van der Waals surface area (Å²) in [4.78, 5) is 0. The third kappa shape index (κ3) is 1.49. The lowest BCUT2D eigenvalue weighted by Gasteiger charge is -2.37. The van der Waals surface area contributed by atoms with Crippen LogP contribution in [0, 0.1) is 6.92 Å². The highest BCUT2D eigenvalue weighted by Crippen LogP contribution is 2.42. The molecule has 0 unspecified atom stereocenters. The highest BCUT2D eigenvalue weighted by atomic mass is 16.5. The van der Waals surface area contributed by atoms with Crippen LogP contribution in [0.1, 0.15) is 5.56 Å². The molecule has 8 rings (SSSR count). The van der Waals surface area contributed by atoms with E-state index in [4.69, 9.17) is 9.47 Å². The van der Waals surface area contributed by atoms with Gasteiger partial charge in [0.1, 0.15) is 23.0 Å². The SMILES string of the molecule is Cc1ccc2c3ccc4c5c3n(c2c1)-c1cccc2c1B5c1c(cccc1O4)O2. The maximum absolute atomic E-state index is 6.40. The first-order chi connectivity index (χ1) is 14.3. The molecule has 3 aliphatic heterocycles.